The van der Waals surface area contributed by atoms with E-state index in [1.54, 1.807) is 4.90 Å². The fraction of sp³-hybridized carbons (Fsp3) is 0.882. The van der Waals surface area contributed by atoms with Crippen molar-refractivity contribution in [2.45, 2.75) is 44.9 Å². The van der Waals surface area contributed by atoms with E-state index in [-0.39, 0.29) is 23.7 Å². The van der Waals surface area contributed by atoms with Crippen molar-refractivity contribution in [2.75, 3.05) is 13.1 Å². The van der Waals surface area contributed by atoms with Crippen LogP contribution in [0.15, 0.2) is 0 Å². The fourth-order valence-corrected chi connectivity index (χ4v) is 5.72. The summed E-state index contributed by atoms with van der Waals surface area (Å²) in [5.41, 5.74) is 5.89. The number of hydrogen-bond acceptors (Lipinski definition) is 3. The molecule has 4 aliphatic rings. The summed E-state index contributed by atoms with van der Waals surface area (Å²) in [4.78, 5) is 27.1. The number of fused-ring (bicyclic) bond motifs is 5. The molecule has 1 heterocycles. The lowest BCUT2D eigenvalue weighted by molar-refractivity contribution is -0.142. The number of imide groups is 1. The molecule has 0 radical (unpaired) electrons. The van der Waals surface area contributed by atoms with E-state index < -0.39 is 0 Å². The summed E-state index contributed by atoms with van der Waals surface area (Å²) >= 11 is 0. The largest absolute Gasteiger partial charge is 0.330 e. The Morgan fingerprint density at radius 2 is 1.48 bits per heavy atom. The second-order valence-corrected chi connectivity index (χ2v) is 7.71. The summed E-state index contributed by atoms with van der Waals surface area (Å²) < 4.78 is 0. The van der Waals surface area contributed by atoms with Crippen molar-refractivity contribution in [3.05, 3.63) is 0 Å². The Balaban J connectivity index is 1.51. The molecule has 1 aliphatic heterocycles. The number of hydrogen-bond donors (Lipinski definition) is 1. The van der Waals surface area contributed by atoms with Crippen molar-refractivity contribution in [1.29, 1.82) is 0 Å². The number of carbonyl (C=O) groups excluding carboxylic acids is 2. The number of nitrogens with zero attached hydrogens (tertiary/aromatic N) is 1. The lowest BCUT2D eigenvalue weighted by atomic mass is 9.79. The molecule has 4 nitrogen and oxygen atoms in total. The lowest BCUT2D eigenvalue weighted by Crippen LogP contribution is -2.41. The Morgan fingerprint density at radius 1 is 0.905 bits per heavy atom. The summed E-state index contributed by atoms with van der Waals surface area (Å²) in [7, 11) is 0. The third-order valence-electron chi connectivity index (χ3n) is 6.81. The predicted octanol–water partition coefficient (Wildman–Crippen LogP) is 1.78. The SMILES string of the molecule is NC[C@@H]1CCCC[C@@H]1CN1C(=O)[C@@H]2[C@H]3CC[C@H](C3)[C@@H]2C1=O. The Bertz CT molecular complexity index is 436. The van der Waals surface area contributed by atoms with Gasteiger partial charge in [0.25, 0.3) is 0 Å². The van der Waals surface area contributed by atoms with Gasteiger partial charge in [-0.1, -0.05) is 12.8 Å². The van der Waals surface area contributed by atoms with Gasteiger partial charge in [-0.15, -0.1) is 0 Å². The Labute approximate surface area is 126 Å². The quantitative estimate of drug-likeness (QED) is 0.806. The molecule has 0 aromatic carbocycles. The van der Waals surface area contributed by atoms with Gasteiger partial charge < -0.3 is 5.73 Å². The summed E-state index contributed by atoms with van der Waals surface area (Å²) in [6.45, 7) is 1.34. The Kier molecular flexibility index (Phi) is 3.32. The van der Waals surface area contributed by atoms with Crippen molar-refractivity contribution in [3.63, 3.8) is 0 Å². The predicted molar refractivity (Wildman–Crippen MR) is 79.0 cm³/mol. The minimum absolute atomic E-state index is 0.0381. The zero-order chi connectivity index (χ0) is 14.6. The normalized spacial score (nSPS) is 45.5. The second kappa shape index (κ2) is 5.08. The molecule has 6 atom stereocenters. The van der Waals surface area contributed by atoms with Crippen LogP contribution in [0.4, 0.5) is 0 Å². The molecule has 0 aromatic heterocycles. The number of carbonyl (C=O) groups is 2. The maximum absolute atomic E-state index is 12.7. The highest BCUT2D eigenvalue weighted by Gasteiger charge is 2.60. The van der Waals surface area contributed by atoms with Crippen molar-refractivity contribution in [1.82, 2.24) is 4.90 Å². The highest BCUT2D eigenvalue weighted by Crippen LogP contribution is 2.56. The molecule has 3 saturated carbocycles. The van der Waals surface area contributed by atoms with E-state index >= 15 is 0 Å². The summed E-state index contributed by atoms with van der Waals surface area (Å²) in [5.74, 6) is 2.31. The molecule has 4 heteroatoms. The molecule has 21 heavy (non-hydrogen) atoms. The Morgan fingerprint density at radius 3 is 2.05 bits per heavy atom. The third kappa shape index (κ3) is 1.98. The zero-order valence-corrected chi connectivity index (χ0v) is 12.7. The molecule has 2 amide bonds. The van der Waals surface area contributed by atoms with Crippen LogP contribution in [0.1, 0.15) is 44.9 Å². The molecular formula is C17H26N2O2. The van der Waals surface area contributed by atoms with Crippen LogP contribution in [0.2, 0.25) is 0 Å². The van der Waals surface area contributed by atoms with Gasteiger partial charge in [0.2, 0.25) is 11.8 Å². The van der Waals surface area contributed by atoms with E-state index in [2.05, 4.69) is 0 Å². The van der Waals surface area contributed by atoms with E-state index in [4.69, 9.17) is 5.73 Å². The topological polar surface area (TPSA) is 63.4 Å². The van der Waals surface area contributed by atoms with E-state index in [1.165, 1.54) is 12.8 Å². The molecule has 3 aliphatic carbocycles. The van der Waals surface area contributed by atoms with Crippen LogP contribution in [0, 0.1) is 35.5 Å². The van der Waals surface area contributed by atoms with Crippen LogP contribution in [0.5, 0.6) is 0 Å². The van der Waals surface area contributed by atoms with E-state index in [0.29, 0.717) is 36.8 Å². The van der Waals surface area contributed by atoms with Gasteiger partial charge in [0.15, 0.2) is 0 Å². The van der Waals surface area contributed by atoms with E-state index in [0.717, 1.165) is 32.1 Å². The zero-order valence-electron chi connectivity index (χ0n) is 12.7. The first kappa shape index (κ1) is 13.7. The fourth-order valence-electron chi connectivity index (χ4n) is 5.72. The molecule has 0 aromatic rings. The minimum Gasteiger partial charge on any atom is -0.330 e. The van der Waals surface area contributed by atoms with Crippen LogP contribution in [-0.4, -0.2) is 29.8 Å². The number of amides is 2. The molecule has 1 saturated heterocycles. The number of nitrogens with two attached hydrogens (primary N) is 1. The Hall–Kier alpha value is -0.900. The maximum Gasteiger partial charge on any atom is 0.233 e. The first-order chi connectivity index (χ1) is 10.2. The highest BCUT2D eigenvalue weighted by atomic mass is 16.2. The highest BCUT2D eigenvalue weighted by molar-refractivity contribution is 6.06. The maximum atomic E-state index is 12.7. The van der Waals surface area contributed by atoms with Crippen molar-refractivity contribution in [3.8, 4) is 0 Å². The van der Waals surface area contributed by atoms with Gasteiger partial charge in [-0.2, -0.15) is 0 Å². The summed E-state index contributed by atoms with van der Waals surface area (Å²) in [5, 5.41) is 0. The van der Waals surface area contributed by atoms with Gasteiger partial charge in [-0.05, 0) is 62.3 Å². The summed E-state index contributed by atoms with van der Waals surface area (Å²) in [6.07, 6.45) is 8.19. The minimum atomic E-state index is 0.0381. The molecule has 4 rings (SSSR count). The monoisotopic (exact) mass is 290 g/mol. The van der Waals surface area contributed by atoms with Gasteiger partial charge in [-0.3, -0.25) is 14.5 Å². The first-order valence-electron chi connectivity index (χ1n) is 8.76. The van der Waals surface area contributed by atoms with E-state index in [1.807, 2.05) is 0 Å². The number of likely N-dealkylation sites (tertiary alicyclic amines) is 1. The summed E-state index contributed by atoms with van der Waals surface area (Å²) in [6, 6.07) is 0. The van der Waals surface area contributed by atoms with Crippen LogP contribution in [0.25, 0.3) is 0 Å². The van der Waals surface area contributed by atoms with Gasteiger partial charge in [0.05, 0.1) is 11.8 Å². The smallest absolute Gasteiger partial charge is 0.233 e. The van der Waals surface area contributed by atoms with Gasteiger partial charge in [-0.25, -0.2) is 0 Å². The molecule has 0 spiro atoms. The molecule has 2 N–H and O–H groups in total. The second-order valence-electron chi connectivity index (χ2n) is 7.71. The van der Waals surface area contributed by atoms with Crippen molar-refractivity contribution < 1.29 is 9.59 Å². The van der Waals surface area contributed by atoms with Crippen LogP contribution in [-0.2, 0) is 9.59 Å². The first-order valence-corrected chi connectivity index (χ1v) is 8.76. The van der Waals surface area contributed by atoms with Gasteiger partial charge in [0.1, 0.15) is 0 Å². The average Bonchev–Trinajstić information content (AvgIpc) is 3.17. The molecule has 0 unspecified atom stereocenters. The van der Waals surface area contributed by atoms with Crippen LogP contribution in [0.3, 0.4) is 0 Å². The van der Waals surface area contributed by atoms with E-state index in [9.17, 15) is 9.59 Å². The molecule has 4 fully saturated rings. The molecule has 2 bridgehead atoms. The molecule has 116 valence electrons. The van der Waals surface area contributed by atoms with Crippen molar-refractivity contribution >= 4 is 11.8 Å². The molecular weight excluding hydrogens is 264 g/mol. The van der Waals surface area contributed by atoms with Gasteiger partial charge in [0, 0.05) is 6.54 Å². The van der Waals surface area contributed by atoms with Crippen LogP contribution >= 0.6 is 0 Å². The van der Waals surface area contributed by atoms with Crippen LogP contribution < -0.4 is 5.73 Å². The number of rotatable bonds is 3. The van der Waals surface area contributed by atoms with Crippen molar-refractivity contribution in [2.24, 2.45) is 41.2 Å². The van der Waals surface area contributed by atoms with Gasteiger partial charge >= 0.3 is 0 Å². The standard InChI is InChI=1S/C17H26N2O2/c18-8-12-3-1-2-4-13(12)9-19-16(20)14-10-5-6-11(7-10)15(14)17(19)21/h10-15H,1-9,18H2/t10-,11+,12-,13+,14+,15-/m0/s1. The third-order valence-corrected chi connectivity index (χ3v) is 6.81. The lowest BCUT2D eigenvalue weighted by Gasteiger charge is -2.33. The average molecular weight is 290 g/mol.